The van der Waals surface area contributed by atoms with Crippen LogP contribution in [0.25, 0.3) is 5.78 Å². The highest BCUT2D eigenvalue weighted by atomic mass is 19.2. The van der Waals surface area contributed by atoms with Crippen molar-refractivity contribution in [2.75, 3.05) is 26.4 Å². The van der Waals surface area contributed by atoms with Crippen molar-refractivity contribution in [2.24, 2.45) is 0 Å². The lowest BCUT2D eigenvalue weighted by atomic mass is 10.1. The Kier molecular flexibility index (Phi) is 9.58. The van der Waals surface area contributed by atoms with Gasteiger partial charge in [0.1, 0.15) is 12.4 Å². The number of benzene rings is 1. The van der Waals surface area contributed by atoms with Gasteiger partial charge in [0.2, 0.25) is 0 Å². The Balaban J connectivity index is 0.000000547. The van der Waals surface area contributed by atoms with Crippen LogP contribution in [0.15, 0.2) is 30.6 Å². The molecular weight excluding hydrogens is 423 g/mol. The van der Waals surface area contributed by atoms with Gasteiger partial charge in [0.15, 0.2) is 11.6 Å². The summed E-state index contributed by atoms with van der Waals surface area (Å²) in [5.41, 5.74) is 1.59. The van der Waals surface area contributed by atoms with Crippen LogP contribution in [0.3, 0.4) is 0 Å². The Morgan fingerprint density at radius 2 is 1.94 bits per heavy atom. The van der Waals surface area contributed by atoms with E-state index in [2.05, 4.69) is 15.1 Å². The van der Waals surface area contributed by atoms with Crippen molar-refractivity contribution in [1.82, 2.24) is 24.5 Å². The van der Waals surface area contributed by atoms with E-state index in [1.54, 1.807) is 16.3 Å². The number of ether oxygens (including phenoxy) is 1. The molecule has 0 saturated carbocycles. The lowest BCUT2D eigenvalue weighted by Crippen LogP contribution is -2.42. The molecule has 3 aromatic rings. The first-order valence-electron chi connectivity index (χ1n) is 10.5. The van der Waals surface area contributed by atoms with E-state index >= 15 is 0 Å². The molecule has 1 aliphatic rings. The van der Waals surface area contributed by atoms with Gasteiger partial charge in [-0.2, -0.15) is 14.6 Å². The summed E-state index contributed by atoms with van der Waals surface area (Å²) in [5.74, 6) is -1.96. The van der Waals surface area contributed by atoms with Crippen LogP contribution in [-0.2, 0) is 4.74 Å². The number of fused-ring (bicyclic) bond motifs is 1. The maximum atomic E-state index is 13.4. The van der Waals surface area contributed by atoms with Crippen LogP contribution in [0.1, 0.15) is 55.0 Å². The van der Waals surface area contributed by atoms with E-state index in [0.717, 1.165) is 23.5 Å². The standard InChI is InChI=1S/C17H15F2N5O2.C3H7F.C2H6/c1-10-6-14(24-17(22-10)20-9-21-24)15-8-23(4-5-26-15)16(25)11-2-3-12(18)13(19)7-11;1-2-3-4;1-2/h2-3,6-7,9,15H,4-5,8H2,1H3;2-3H2,1H3;1-2H3. The zero-order valence-electron chi connectivity index (χ0n) is 18.7. The maximum Gasteiger partial charge on any atom is 0.254 e. The first-order chi connectivity index (χ1) is 15.4. The van der Waals surface area contributed by atoms with Crippen LogP contribution >= 0.6 is 0 Å². The summed E-state index contributed by atoms with van der Waals surface area (Å²) >= 11 is 0. The summed E-state index contributed by atoms with van der Waals surface area (Å²) in [6.45, 7) is 8.40. The van der Waals surface area contributed by atoms with E-state index in [4.69, 9.17) is 4.74 Å². The number of rotatable bonds is 3. The number of aryl methyl sites for hydroxylation is 1. The minimum Gasteiger partial charge on any atom is -0.368 e. The molecule has 3 heterocycles. The molecule has 1 aromatic carbocycles. The van der Waals surface area contributed by atoms with Gasteiger partial charge in [-0.05, 0) is 37.6 Å². The molecule has 10 heteroatoms. The largest absolute Gasteiger partial charge is 0.368 e. The third-order valence-corrected chi connectivity index (χ3v) is 4.45. The SMILES string of the molecule is CC.CCCF.Cc1cc(C2CN(C(=O)c3ccc(F)c(F)c3)CCO2)n2ncnc2n1. The quantitative estimate of drug-likeness (QED) is 0.593. The highest BCUT2D eigenvalue weighted by Gasteiger charge is 2.28. The van der Waals surface area contributed by atoms with Crippen LogP contribution in [0.2, 0.25) is 0 Å². The predicted molar refractivity (Wildman–Crippen MR) is 114 cm³/mol. The van der Waals surface area contributed by atoms with Crippen molar-refractivity contribution in [3.63, 3.8) is 0 Å². The molecule has 1 amide bonds. The molecule has 1 fully saturated rings. The van der Waals surface area contributed by atoms with Crippen molar-refractivity contribution >= 4 is 11.7 Å². The van der Waals surface area contributed by atoms with Gasteiger partial charge in [-0.3, -0.25) is 9.18 Å². The third kappa shape index (κ3) is 6.03. The Morgan fingerprint density at radius 3 is 2.59 bits per heavy atom. The maximum absolute atomic E-state index is 13.4. The number of carbonyl (C=O) groups is 1. The van der Waals surface area contributed by atoms with E-state index in [-0.39, 0.29) is 24.7 Å². The zero-order valence-corrected chi connectivity index (χ0v) is 18.7. The molecular formula is C22H28F3N5O2. The highest BCUT2D eigenvalue weighted by molar-refractivity contribution is 5.94. The summed E-state index contributed by atoms with van der Waals surface area (Å²) in [4.78, 5) is 22.6. The number of carbonyl (C=O) groups excluding carboxylic acids is 1. The molecule has 0 spiro atoms. The van der Waals surface area contributed by atoms with Gasteiger partial charge in [0.25, 0.3) is 11.7 Å². The average Bonchev–Trinajstić information content (AvgIpc) is 3.30. The number of aromatic nitrogens is 4. The fraction of sp³-hybridized carbons (Fsp3) is 0.455. The summed E-state index contributed by atoms with van der Waals surface area (Å²) < 4.78 is 44.6. The lowest BCUT2D eigenvalue weighted by molar-refractivity contribution is -0.0257. The number of hydrogen-bond acceptors (Lipinski definition) is 5. The van der Waals surface area contributed by atoms with Gasteiger partial charge in [-0.25, -0.2) is 13.8 Å². The fourth-order valence-corrected chi connectivity index (χ4v) is 3.01. The molecule has 0 aliphatic carbocycles. The van der Waals surface area contributed by atoms with E-state index in [1.165, 1.54) is 12.4 Å². The molecule has 174 valence electrons. The minimum absolute atomic E-state index is 0.0985. The summed E-state index contributed by atoms with van der Waals surface area (Å²) in [7, 11) is 0. The highest BCUT2D eigenvalue weighted by Crippen LogP contribution is 2.24. The molecule has 1 unspecified atom stereocenters. The lowest BCUT2D eigenvalue weighted by Gasteiger charge is -2.33. The van der Waals surface area contributed by atoms with E-state index in [9.17, 15) is 18.0 Å². The molecule has 1 aliphatic heterocycles. The van der Waals surface area contributed by atoms with Crippen LogP contribution in [0.5, 0.6) is 0 Å². The second kappa shape index (κ2) is 12.1. The molecule has 1 saturated heterocycles. The summed E-state index contributed by atoms with van der Waals surface area (Å²) in [5, 5.41) is 4.15. The Labute approximate surface area is 185 Å². The molecule has 7 nitrogen and oxygen atoms in total. The number of hydrogen-bond donors (Lipinski definition) is 0. The Hall–Kier alpha value is -3.01. The third-order valence-electron chi connectivity index (χ3n) is 4.45. The molecule has 2 aromatic heterocycles. The molecule has 4 rings (SSSR count). The van der Waals surface area contributed by atoms with E-state index in [0.29, 0.717) is 25.4 Å². The Bertz CT molecular complexity index is 1030. The predicted octanol–water partition coefficient (Wildman–Crippen LogP) is 4.32. The molecule has 0 N–H and O–H groups in total. The normalized spacial score (nSPS) is 15.5. The first kappa shape index (κ1) is 25.3. The van der Waals surface area contributed by atoms with Crippen LogP contribution < -0.4 is 0 Å². The van der Waals surface area contributed by atoms with E-state index < -0.39 is 17.7 Å². The molecule has 0 bridgehead atoms. The van der Waals surface area contributed by atoms with Crippen molar-refractivity contribution in [1.29, 1.82) is 0 Å². The number of halogens is 3. The van der Waals surface area contributed by atoms with Crippen LogP contribution in [-0.4, -0.2) is 56.8 Å². The topological polar surface area (TPSA) is 72.6 Å². The molecule has 0 radical (unpaired) electrons. The molecule has 32 heavy (non-hydrogen) atoms. The average molecular weight is 451 g/mol. The zero-order chi connectivity index (χ0) is 23.7. The van der Waals surface area contributed by atoms with Crippen LogP contribution in [0.4, 0.5) is 13.2 Å². The van der Waals surface area contributed by atoms with Gasteiger partial charge in [0, 0.05) is 17.8 Å². The van der Waals surface area contributed by atoms with Crippen molar-refractivity contribution in [2.45, 2.75) is 40.2 Å². The van der Waals surface area contributed by atoms with Crippen LogP contribution in [0, 0.1) is 18.6 Å². The first-order valence-corrected chi connectivity index (χ1v) is 10.5. The molecule has 1 atom stereocenters. The summed E-state index contributed by atoms with van der Waals surface area (Å²) in [6.07, 6.45) is 1.63. The van der Waals surface area contributed by atoms with Gasteiger partial charge in [-0.15, -0.1) is 0 Å². The minimum atomic E-state index is -1.05. The van der Waals surface area contributed by atoms with Gasteiger partial charge in [-0.1, -0.05) is 20.8 Å². The second-order valence-corrected chi connectivity index (χ2v) is 6.72. The van der Waals surface area contributed by atoms with Crippen molar-refractivity contribution in [3.05, 3.63) is 59.2 Å². The number of morpholine rings is 1. The van der Waals surface area contributed by atoms with Crippen molar-refractivity contribution < 1.29 is 22.7 Å². The van der Waals surface area contributed by atoms with Crippen molar-refractivity contribution in [3.8, 4) is 0 Å². The summed E-state index contributed by atoms with van der Waals surface area (Å²) in [6, 6.07) is 4.97. The Morgan fingerprint density at radius 1 is 1.22 bits per heavy atom. The fourth-order valence-electron chi connectivity index (χ4n) is 3.01. The van der Waals surface area contributed by atoms with Gasteiger partial charge >= 0.3 is 0 Å². The smallest absolute Gasteiger partial charge is 0.254 e. The van der Waals surface area contributed by atoms with Gasteiger partial charge < -0.3 is 9.64 Å². The van der Waals surface area contributed by atoms with E-state index in [1.807, 2.05) is 26.8 Å². The second-order valence-electron chi connectivity index (χ2n) is 6.72. The number of amides is 1. The number of nitrogens with zero attached hydrogens (tertiary/aromatic N) is 5. The number of alkyl halides is 1. The monoisotopic (exact) mass is 451 g/mol. The van der Waals surface area contributed by atoms with Gasteiger partial charge in [0.05, 0.1) is 25.5 Å².